The number of alkyl halides is 1. The Bertz CT molecular complexity index is 514. The van der Waals surface area contributed by atoms with Crippen molar-refractivity contribution in [2.75, 3.05) is 0 Å². The molecule has 2 aliphatic carbocycles. The minimum Gasteiger partial charge on any atom is -0.207 e. The van der Waals surface area contributed by atoms with E-state index >= 15 is 0 Å². The highest BCUT2D eigenvalue weighted by Gasteiger charge is 2.36. The molecule has 2 aliphatic rings. The van der Waals surface area contributed by atoms with Crippen LogP contribution in [0, 0.1) is 36.3 Å². The van der Waals surface area contributed by atoms with Crippen molar-refractivity contribution in [2.24, 2.45) is 17.8 Å². The lowest BCUT2D eigenvalue weighted by molar-refractivity contribution is 0.127. The van der Waals surface area contributed by atoms with E-state index in [1.165, 1.54) is 44.2 Å². The van der Waals surface area contributed by atoms with Crippen LogP contribution in [-0.4, -0.2) is 0 Å². The van der Waals surface area contributed by atoms with Crippen molar-refractivity contribution in [2.45, 2.75) is 57.2 Å². The lowest BCUT2D eigenvalue weighted by Gasteiger charge is -2.40. The van der Waals surface area contributed by atoms with Gasteiger partial charge in [-0.25, -0.2) is 8.78 Å². The van der Waals surface area contributed by atoms with Gasteiger partial charge >= 0.3 is 0 Å². The van der Waals surface area contributed by atoms with E-state index < -0.39 is 5.38 Å². The Morgan fingerprint density at radius 2 is 1.71 bits per heavy atom. The molecular weight excluding hydrogens is 290 g/mol. The van der Waals surface area contributed by atoms with Crippen LogP contribution in [0.4, 0.5) is 8.78 Å². The molecule has 2 fully saturated rings. The summed E-state index contributed by atoms with van der Waals surface area (Å²) < 4.78 is 27.8. The maximum atomic E-state index is 14.1. The first-order chi connectivity index (χ1) is 10.1. The van der Waals surface area contributed by atoms with Crippen LogP contribution in [0.1, 0.15) is 61.4 Å². The zero-order chi connectivity index (χ0) is 15.0. The predicted octanol–water partition coefficient (Wildman–Crippen LogP) is 6.16. The molecule has 0 spiro atoms. The van der Waals surface area contributed by atoms with Gasteiger partial charge in [0, 0.05) is 5.56 Å². The van der Waals surface area contributed by atoms with Gasteiger partial charge in [-0.1, -0.05) is 25.7 Å². The van der Waals surface area contributed by atoms with Gasteiger partial charge in [-0.2, -0.15) is 0 Å². The Morgan fingerprint density at radius 3 is 2.48 bits per heavy atom. The fourth-order valence-corrected chi connectivity index (χ4v) is 4.70. The minimum atomic E-state index is -0.400. The van der Waals surface area contributed by atoms with Crippen molar-refractivity contribution in [1.82, 2.24) is 0 Å². The van der Waals surface area contributed by atoms with Gasteiger partial charge in [0.2, 0.25) is 0 Å². The summed E-state index contributed by atoms with van der Waals surface area (Å²) in [6, 6.07) is 2.57. The third kappa shape index (κ3) is 3.11. The van der Waals surface area contributed by atoms with Crippen molar-refractivity contribution in [3.63, 3.8) is 0 Å². The van der Waals surface area contributed by atoms with E-state index in [9.17, 15) is 8.78 Å². The van der Waals surface area contributed by atoms with E-state index in [2.05, 4.69) is 0 Å². The average Bonchev–Trinajstić information content (AvgIpc) is 2.50. The van der Waals surface area contributed by atoms with Gasteiger partial charge in [0.25, 0.3) is 0 Å². The smallest absolute Gasteiger partial charge is 0.128 e. The lowest BCUT2D eigenvalue weighted by atomic mass is 9.66. The first kappa shape index (κ1) is 15.3. The Hall–Kier alpha value is -0.630. The minimum absolute atomic E-state index is 0.280. The van der Waals surface area contributed by atoms with Crippen LogP contribution >= 0.6 is 11.6 Å². The largest absolute Gasteiger partial charge is 0.207 e. The molecule has 0 amide bonds. The zero-order valence-corrected chi connectivity index (χ0v) is 13.3. The number of hydrogen-bond acceptors (Lipinski definition) is 0. The molecule has 2 saturated carbocycles. The van der Waals surface area contributed by atoms with Gasteiger partial charge in [-0.3, -0.25) is 0 Å². The van der Waals surface area contributed by atoms with Gasteiger partial charge in [0.1, 0.15) is 11.6 Å². The maximum absolute atomic E-state index is 14.1. The third-order valence-corrected chi connectivity index (χ3v) is 6.16. The van der Waals surface area contributed by atoms with Gasteiger partial charge in [-0.05, 0) is 61.6 Å². The summed E-state index contributed by atoms with van der Waals surface area (Å²) in [5, 5.41) is -0.400. The number of fused-ring (bicyclic) bond motifs is 1. The molecule has 0 radical (unpaired) electrons. The lowest BCUT2D eigenvalue weighted by Crippen LogP contribution is -2.29. The second-order valence-electron chi connectivity index (χ2n) is 6.90. The molecule has 0 bridgehead atoms. The normalized spacial score (nSPS) is 30.8. The van der Waals surface area contributed by atoms with Crippen LogP contribution in [0.3, 0.4) is 0 Å². The number of aryl methyl sites for hydroxylation is 1. The standard InChI is InChI=1S/C18H23ClF2/c1-11-8-17(21)15(10-16(11)20)18(19)14-7-6-12-4-2-3-5-13(12)9-14/h8,10,12-14,18H,2-7,9H2,1H3. The van der Waals surface area contributed by atoms with Crippen LogP contribution in [0.5, 0.6) is 0 Å². The summed E-state index contributed by atoms with van der Waals surface area (Å²) in [6.45, 7) is 1.58. The van der Waals surface area contributed by atoms with E-state index in [0.717, 1.165) is 24.7 Å². The van der Waals surface area contributed by atoms with Crippen molar-refractivity contribution in [1.29, 1.82) is 0 Å². The van der Waals surface area contributed by atoms with Gasteiger partial charge < -0.3 is 0 Å². The monoisotopic (exact) mass is 312 g/mol. The SMILES string of the molecule is Cc1cc(F)c(C(Cl)C2CCC3CCCCC3C2)cc1F. The van der Waals surface area contributed by atoms with Crippen molar-refractivity contribution >= 4 is 11.6 Å². The van der Waals surface area contributed by atoms with Crippen molar-refractivity contribution in [3.05, 3.63) is 34.9 Å². The van der Waals surface area contributed by atoms with Gasteiger partial charge in [0.15, 0.2) is 0 Å². The molecule has 3 rings (SSSR count). The Balaban J connectivity index is 1.76. The molecule has 0 nitrogen and oxygen atoms in total. The second-order valence-corrected chi connectivity index (χ2v) is 7.37. The molecule has 4 atom stereocenters. The van der Waals surface area contributed by atoms with E-state index in [-0.39, 0.29) is 17.6 Å². The van der Waals surface area contributed by atoms with E-state index in [4.69, 9.17) is 11.6 Å². The van der Waals surface area contributed by atoms with Crippen LogP contribution < -0.4 is 0 Å². The number of hydrogen-bond donors (Lipinski definition) is 0. The molecule has 0 heterocycles. The van der Waals surface area contributed by atoms with E-state index in [0.29, 0.717) is 11.1 Å². The molecule has 21 heavy (non-hydrogen) atoms. The fourth-order valence-electron chi connectivity index (χ4n) is 4.30. The summed E-state index contributed by atoms with van der Waals surface area (Å²) in [7, 11) is 0. The molecular formula is C18H23ClF2. The van der Waals surface area contributed by atoms with Crippen molar-refractivity contribution < 1.29 is 8.78 Å². The molecule has 1 aromatic rings. The Kier molecular flexibility index (Phi) is 4.54. The summed E-state index contributed by atoms with van der Waals surface area (Å²) in [4.78, 5) is 0. The molecule has 1 aromatic carbocycles. The summed E-state index contributed by atoms with van der Waals surface area (Å²) in [6.07, 6.45) is 8.63. The number of halogens is 3. The third-order valence-electron chi connectivity index (χ3n) is 5.57. The molecule has 4 unspecified atom stereocenters. The topological polar surface area (TPSA) is 0 Å². The summed E-state index contributed by atoms with van der Waals surface area (Å²) in [5.41, 5.74) is 0.690. The fraction of sp³-hybridized carbons (Fsp3) is 0.667. The Morgan fingerprint density at radius 1 is 1.00 bits per heavy atom. The molecule has 0 aromatic heterocycles. The first-order valence-corrected chi connectivity index (χ1v) is 8.59. The van der Waals surface area contributed by atoms with E-state index in [1.807, 2.05) is 0 Å². The van der Waals surface area contributed by atoms with Crippen LogP contribution in [0.15, 0.2) is 12.1 Å². The Labute approximate surface area is 130 Å². The number of benzene rings is 1. The van der Waals surface area contributed by atoms with Gasteiger partial charge in [-0.15, -0.1) is 11.6 Å². The molecule has 116 valence electrons. The summed E-state index contributed by atoms with van der Waals surface area (Å²) >= 11 is 6.54. The number of rotatable bonds is 2. The predicted molar refractivity (Wildman–Crippen MR) is 82.5 cm³/mol. The van der Waals surface area contributed by atoms with Crippen molar-refractivity contribution in [3.8, 4) is 0 Å². The highest BCUT2D eigenvalue weighted by molar-refractivity contribution is 6.21. The quantitative estimate of drug-likeness (QED) is 0.574. The van der Waals surface area contributed by atoms with Crippen LogP contribution in [0.2, 0.25) is 0 Å². The van der Waals surface area contributed by atoms with Gasteiger partial charge in [0.05, 0.1) is 5.38 Å². The zero-order valence-electron chi connectivity index (χ0n) is 12.5. The molecule has 0 saturated heterocycles. The second kappa shape index (κ2) is 6.24. The summed E-state index contributed by atoms with van der Waals surface area (Å²) in [5.74, 6) is 1.15. The maximum Gasteiger partial charge on any atom is 0.128 e. The highest BCUT2D eigenvalue weighted by Crippen LogP contribution is 2.48. The molecule has 0 N–H and O–H groups in total. The van der Waals surface area contributed by atoms with Crippen LogP contribution in [0.25, 0.3) is 0 Å². The first-order valence-electron chi connectivity index (χ1n) is 8.16. The molecule has 0 aliphatic heterocycles. The average molecular weight is 313 g/mol. The highest BCUT2D eigenvalue weighted by atomic mass is 35.5. The van der Waals surface area contributed by atoms with Crippen LogP contribution in [-0.2, 0) is 0 Å². The van der Waals surface area contributed by atoms with E-state index in [1.54, 1.807) is 6.92 Å². The molecule has 3 heteroatoms.